The molecule has 4 heteroatoms. The van der Waals surface area contributed by atoms with Crippen molar-refractivity contribution in [2.45, 2.75) is 52.5 Å². The second kappa shape index (κ2) is 9.48. The lowest BCUT2D eigenvalue weighted by Crippen LogP contribution is -2.34. The zero-order valence-corrected chi connectivity index (χ0v) is 16.2. The number of imide groups is 1. The molecule has 0 bridgehead atoms. The van der Waals surface area contributed by atoms with Crippen LogP contribution in [0, 0.1) is 0 Å². The molecule has 0 aromatic heterocycles. The molecule has 1 aliphatic carbocycles. The van der Waals surface area contributed by atoms with Crippen LogP contribution in [0.5, 0.6) is 0 Å². The van der Waals surface area contributed by atoms with Gasteiger partial charge in [0.2, 0.25) is 0 Å². The fourth-order valence-electron chi connectivity index (χ4n) is 3.64. The first-order valence-corrected chi connectivity index (χ1v) is 9.67. The first-order chi connectivity index (χ1) is 12.7. The maximum absolute atomic E-state index is 12.3. The van der Waals surface area contributed by atoms with Crippen molar-refractivity contribution >= 4 is 11.8 Å². The number of benzene rings is 1. The van der Waals surface area contributed by atoms with Crippen LogP contribution in [0.3, 0.4) is 0 Å². The monoisotopic (exact) mass is 354 g/mol. The summed E-state index contributed by atoms with van der Waals surface area (Å²) >= 11 is 0. The summed E-state index contributed by atoms with van der Waals surface area (Å²) in [5, 5.41) is 3.55. The van der Waals surface area contributed by atoms with E-state index in [0.29, 0.717) is 23.7 Å². The number of hydrogen-bond acceptors (Lipinski definition) is 3. The Balaban J connectivity index is 0.00000117. The van der Waals surface area contributed by atoms with Crippen LogP contribution in [0.25, 0.3) is 0 Å². The van der Waals surface area contributed by atoms with E-state index in [1.807, 2.05) is 19.9 Å². The van der Waals surface area contributed by atoms with Crippen molar-refractivity contribution in [3.05, 3.63) is 59.2 Å². The zero-order valence-electron chi connectivity index (χ0n) is 16.2. The van der Waals surface area contributed by atoms with E-state index in [4.69, 9.17) is 0 Å². The van der Waals surface area contributed by atoms with Gasteiger partial charge in [-0.15, -0.1) is 0 Å². The van der Waals surface area contributed by atoms with Gasteiger partial charge in [-0.25, -0.2) is 0 Å². The van der Waals surface area contributed by atoms with Gasteiger partial charge >= 0.3 is 0 Å². The lowest BCUT2D eigenvalue weighted by molar-refractivity contribution is 0.0652. The predicted octanol–water partition coefficient (Wildman–Crippen LogP) is 4.34. The van der Waals surface area contributed by atoms with Crippen LogP contribution >= 0.6 is 0 Å². The molecule has 3 rings (SSSR count). The molecule has 2 aliphatic rings. The van der Waals surface area contributed by atoms with Crippen molar-refractivity contribution in [3.8, 4) is 0 Å². The average molecular weight is 354 g/mol. The number of carbonyl (C=O) groups excluding carboxylic acids is 2. The maximum Gasteiger partial charge on any atom is 0.261 e. The molecule has 0 saturated carbocycles. The summed E-state index contributed by atoms with van der Waals surface area (Å²) in [5.74, 6) is -0.333. The number of amides is 2. The highest BCUT2D eigenvalue weighted by atomic mass is 16.2. The lowest BCUT2D eigenvalue weighted by Gasteiger charge is -2.16. The first-order valence-electron chi connectivity index (χ1n) is 9.67. The van der Waals surface area contributed by atoms with E-state index in [1.165, 1.54) is 16.0 Å². The fraction of sp³-hybridized carbons (Fsp3) is 0.455. The van der Waals surface area contributed by atoms with Crippen LogP contribution in [0.2, 0.25) is 0 Å². The van der Waals surface area contributed by atoms with Gasteiger partial charge in [0.15, 0.2) is 0 Å². The van der Waals surface area contributed by atoms with E-state index >= 15 is 0 Å². The molecule has 0 spiro atoms. The van der Waals surface area contributed by atoms with Crippen LogP contribution in [0.1, 0.15) is 67.2 Å². The summed E-state index contributed by atoms with van der Waals surface area (Å²) in [5.41, 5.74) is 3.91. The molecule has 1 heterocycles. The lowest BCUT2D eigenvalue weighted by atomic mass is 10.1. The van der Waals surface area contributed by atoms with Gasteiger partial charge in [0.05, 0.1) is 11.1 Å². The minimum atomic E-state index is -0.166. The second-order valence-electron chi connectivity index (χ2n) is 6.41. The Bertz CT molecular complexity index is 671. The summed E-state index contributed by atoms with van der Waals surface area (Å²) in [7, 11) is 0. The van der Waals surface area contributed by atoms with Gasteiger partial charge < -0.3 is 5.32 Å². The highest BCUT2D eigenvalue weighted by Gasteiger charge is 2.34. The molecule has 0 radical (unpaired) electrons. The number of allylic oxidation sites excluding steroid dienone is 1. The van der Waals surface area contributed by atoms with Gasteiger partial charge in [-0.2, -0.15) is 0 Å². The molecule has 1 aromatic rings. The number of hydrogen-bond donors (Lipinski definition) is 1. The van der Waals surface area contributed by atoms with E-state index in [9.17, 15) is 9.59 Å². The van der Waals surface area contributed by atoms with Gasteiger partial charge in [0.25, 0.3) is 11.8 Å². The summed E-state index contributed by atoms with van der Waals surface area (Å²) < 4.78 is 0. The highest BCUT2D eigenvalue weighted by Crippen LogP contribution is 2.29. The smallest absolute Gasteiger partial charge is 0.261 e. The zero-order chi connectivity index (χ0) is 19.1. The molecule has 1 N–H and O–H groups in total. The number of rotatable bonds is 7. The Morgan fingerprint density at radius 1 is 1.15 bits per heavy atom. The largest absolute Gasteiger partial charge is 0.313 e. The Hall–Kier alpha value is -2.20. The molecular weight excluding hydrogens is 324 g/mol. The number of nitrogens with zero attached hydrogens (tertiary/aromatic N) is 1. The Morgan fingerprint density at radius 2 is 1.77 bits per heavy atom. The van der Waals surface area contributed by atoms with E-state index in [2.05, 4.69) is 18.8 Å². The molecule has 0 saturated heterocycles. The molecule has 1 aliphatic heterocycles. The third-order valence-corrected chi connectivity index (χ3v) is 4.96. The van der Waals surface area contributed by atoms with Crippen LogP contribution < -0.4 is 5.32 Å². The van der Waals surface area contributed by atoms with Crippen molar-refractivity contribution in [1.82, 2.24) is 10.2 Å². The Kier molecular flexibility index (Phi) is 7.34. The molecular formula is C22H30N2O2. The molecule has 0 fully saturated rings. The number of fused-ring (bicyclic) bond motifs is 1. The predicted molar refractivity (Wildman–Crippen MR) is 106 cm³/mol. The van der Waals surface area contributed by atoms with Gasteiger partial charge in [0.1, 0.15) is 0 Å². The van der Waals surface area contributed by atoms with Gasteiger partial charge in [-0.05, 0) is 49.9 Å². The third-order valence-electron chi connectivity index (χ3n) is 4.96. The van der Waals surface area contributed by atoms with E-state index in [1.54, 1.807) is 24.3 Å². The Labute approximate surface area is 157 Å². The standard InChI is InChI=1S/C20H24N2O2.C2H6/c1-3-14-12-16(13-15(14)4-2)21-10-7-11-22-19(23)17-8-5-6-9-18(17)20(22)24;1-2/h3,5-6,8-9,16,21H,1,4,7,10-13H2,2H3;1-2H3. The van der Waals surface area contributed by atoms with E-state index in [0.717, 1.165) is 32.2 Å². The van der Waals surface area contributed by atoms with Crippen LogP contribution in [-0.4, -0.2) is 35.8 Å². The van der Waals surface area contributed by atoms with Gasteiger partial charge in [-0.3, -0.25) is 14.5 Å². The molecule has 1 atom stereocenters. The van der Waals surface area contributed by atoms with Crippen molar-refractivity contribution in [2.75, 3.05) is 13.1 Å². The molecule has 26 heavy (non-hydrogen) atoms. The molecule has 4 nitrogen and oxygen atoms in total. The van der Waals surface area contributed by atoms with E-state index in [-0.39, 0.29) is 11.8 Å². The van der Waals surface area contributed by atoms with Crippen molar-refractivity contribution in [2.24, 2.45) is 0 Å². The van der Waals surface area contributed by atoms with Gasteiger partial charge in [-0.1, -0.05) is 51.1 Å². The highest BCUT2D eigenvalue weighted by molar-refractivity contribution is 6.21. The average Bonchev–Trinajstić information content (AvgIpc) is 3.20. The van der Waals surface area contributed by atoms with Crippen LogP contribution in [-0.2, 0) is 0 Å². The van der Waals surface area contributed by atoms with Gasteiger partial charge in [0, 0.05) is 12.6 Å². The molecule has 1 unspecified atom stereocenters. The SMILES string of the molecule is C=CC1=C(CC)CC(NCCCN2C(=O)c3ccccc3C2=O)C1.CC. The van der Waals surface area contributed by atoms with Crippen molar-refractivity contribution in [1.29, 1.82) is 0 Å². The normalized spacial score (nSPS) is 18.7. The summed E-state index contributed by atoms with van der Waals surface area (Å²) in [6.07, 6.45) is 5.92. The van der Waals surface area contributed by atoms with Crippen LogP contribution in [0.4, 0.5) is 0 Å². The van der Waals surface area contributed by atoms with Crippen molar-refractivity contribution < 1.29 is 9.59 Å². The second-order valence-corrected chi connectivity index (χ2v) is 6.41. The molecule has 2 amide bonds. The fourth-order valence-corrected chi connectivity index (χ4v) is 3.64. The molecule has 140 valence electrons. The topological polar surface area (TPSA) is 49.4 Å². The molecule has 1 aromatic carbocycles. The maximum atomic E-state index is 12.3. The Morgan fingerprint density at radius 3 is 2.27 bits per heavy atom. The third kappa shape index (κ3) is 4.13. The summed E-state index contributed by atoms with van der Waals surface area (Å²) in [4.78, 5) is 25.9. The van der Waals surface area contributed by atoms with E-state index < -0.39 is 0 Å². The summed E-state index contributed by atoms with van der Waals surface area (Å²) in [6.45, 7) is 11.3. The van der Waals surface area contributed by atoms with Crippen LogP contribution in [0.15, 0.2) is 48.1 Å². The number of carbonyl (C=O) groups is 2. The quantitative estimate of drug-likeness (QED) is 0.585. The first kappa shape index (κ1) is 20.1. The minimum absolute atomic E-state index is 0.166. The van der Waals surface area contributed by atoms with Crippen molar-refractivity contribution in [3.63, 3.8) is 0 Å². The minimum Gasteiger partial charge on any atom is -0.313 e. The summed E-state index contributed by atoms with van der Waals surface area (Å²) in [6, 6.07) is 7.49. The number of nitrogens with one attached hydrogen (secondary N) is 1.